The molecule has 0 unspecified atom stereocenters. The van der Waals surface area contributed by atoms with Crippen LogP contribution in [0, 0.1) is 0 Å². The maximum absolute atomic E-state index is 12.3. The first kappa shape index (κ1) is 20.0. The fourth-order valence-electron chi connectivity index (χ4n) is 2.18. The maximum atomic E-state index is 12.3. The Balaban J connectivity index is 2.75. The molecule has 0 aromatic heterocycles. The van der Waals surface area contributed by atoms with Gasteiger partial charge in [0.25, 0.3) is 0 Å². The zero-order chi connectivity index (χ0) is 17.9. The lowest BCUT2D eigenvalue weighted by Crippen LogP contribution is -2.28. The molecule has 134 valence electrons. The minimum Gasteiger partial charge on any atom is -0.462 e. The Kier molecular flexibility index (Phi) is 8.86. The van der Waals surface area contributed by atoms with Crippen molar-refractivity contribution in [3.8, 4) is 0 Å². The van der Waals surface area contributed by atoms with Gasteiger partial charge in [0.15, 0.2) is 0 Å². The fourth-order valence-corrected chi connectivity index (χ4v) is 2.18. The molecule has 1 aromatic rings. The van der Waals surface area contributed by atoms with Gasteiger partial charge >= 0.3 is 11.9 Å². The molecule has 0 aliphatic rings. The summed E-state index contributed by atoms with van der Waals surface area (Å²) >= 11 is 0. The summed E-state index contributed by atoms with van der Waals surface area (Å²) in [5, 5.41) is 0. The molecule has 0 spiro atoms. The molecule has 0 aliphatic carbocycles. The Hall–Kier alpha value is -2.08. The Bertz CT molecular complexity index is 542. The predicted molar refractivity (Wildman–Crippen MR) is 94.1 cm³/mol. The summed E-state index contributed by atoms with van der Waals surface area (Å²) in [7, 11) is 0. The quantitative estimate of drug-likeness (QED) is 0.402. The molecule has 0 saturated heterocycles. The number of nitrogens with zero attached hydrogens (tertiary/aromatic N) is 1. The van der Waals surface area contributed by atoms with Crippen LogP contribution < -0.4 is 5.73 Å². The van der Waals surface area contributed by atoms with Crippen molar-refractivity contribution in [2.24, 2.45) is 0 Å². The van der Waals surface area contributed by atoms with Gasteiger partial charge in [-0.3, -0.25) is 0 Å². The zero-order valence-electron chi connectivity index (χ0n) is 14.8. The molecule has 0 aliphatic heterocycles. The van der Waals surface area contributed by atoms with Gasteiger partial charge in [0.2, 0.25) is 0 Å². The van der Waals surface area contributed by atoms with Gasteiger partial charge in [-0.15, -0.1) is 0 Å². The number of anilines is 1. The van der Waals surface area contributed by atoms with Crippen molar-refractivity contribution in [2.75, 3.05) is 38.6 Å². The summed E-state index contributed by atoms with van der Waals surface area (Å²) < 4.78 is 10.5. The molecule has 0 atom stereocenters. The molecular formula is C18H28N2O4. The van der Waals surface area contributed by atoms with E-state index in [4.69, 9.17) is 15.2 Å². The van der Waals surface area contributed by atoms with E-state index in [0.717, 1.165) is 25.9 Å². The number of rotatable bonds is 10. The van der Waals surface area contributed by atoms with Crippen molar-refractivity contribution in [3.63, 3.8) is 0 Å². The van der Waals surface area contributed by atoms with E-state index in [2.05, 4.69) is 4.90 Å². The zero-order valence-corrected chi connectivity index (χ0v) is 14.8. The second-order valence-electron chi connectivity index (χ2n) is 5.46. The van der Waals surface area contributed by atoms with Crippen LogP contribution in [0.2, 0.25) is 0 Å². The first-order chi connectivity index (χ1) is 11.5. The topological polar surface area (TPSA) is 81.9 Å². The monoisotopic (exact) mass is 336 g/mol. The number of benzene rings is 1. The maximum Gasteiger partial charge on any atom is 0.339 e. The number of carbonyl (C=O) groups is 2. The average Bonchev–Trinajstić information content (AvgIpc) is 2.58. The number of carbonyl (C=O) groups excluding carboxylic acids is 2. The lowest BCUT2D eigenvalue weighted by molar-refractivity contribution is 0.0433. The normalized spacial score (nSPS) is 10.7. The van der Waals surface area contributed by atoms with Gasteiger partial charge in [-0.2, -0.15) is 0 Å². The Morgan fingerprint density at radius 3 is 2.25 bits per heavy atom. The molecule has 0 fully saturated rings. The fraction of sp³-hybridized carbons (Fsp3) is 0.556. The summed E-state index contributed by atoms with van der Waals surface area (Å²) in [6, 6.07) is 4.53. The van der Waals surface area contributed by atoms with Gasteiger partial charge in [-0.25, -0.2) is 9.59 Å². The molecule has 24 heavy (non-hydrogen) atoms. The number of hydrogen-bond acceptors (Lipinski definition) is 6. The number of likely N-dealkylation sites (N-methyl/N-ethyl adjacent to an activating group) is 1. The minimum absolute atomic E-state index is 0.149. The molecule has 0 amide bonds. The smallest absolute Gasteiger partial charge is 0.339 e. The van der Waals surface area contributed by atoms with Crippen LogP contribution in [0.4, 0.5) is 5.69 Å². The van der Waals surface area contributed by atoms with Crippen LogP contribution in [0.1, 0.15) is 54.3 Å². The van der Waals surface area contributed by atoms with Crippen LogP contribution in [0.15, 0.2) is 18.2 Å². The van der Waals surface area contributed by atoms with Gasteiger partial charge in [0.1, 0.15) is 6.61 Å². The SMILES string of the molecule is CCCCOC(=O)c1ccc(N)cc1C(=O)OCCN(CC)CC. The van der Waals surface area contributed by atoms with Gasteiger partial charge in [0.05, 0.1) is 17.7 Å². The van der Waals surface area contributed by atoms with Crippen molar-refractivity contribution in [1.29, 1.82) is 0 Å². The van der Waals surface area contributed by atoms with Crippen molar-refractivity contribution in [1.82, 2.24) is 4.90 Å². The van der Waals surface area contributed by atoms with E-state index in [9.17, 15) is 9.59 Å². The third-order valence-electron chi connectivity index (χ3n) is 3.75. The van der Waals surface area contributed by atoms with Crippen molar-refractivity contribution < 1.29 is 19.1 Å². The molecule has 0 radical (unpaired) electrons. The van der Waals surface area contributed by atoms with Crippen molar-refractivity contribution >= 4 is 17.6 Å². The van der Waals surface area contributed by atoms with Crippen LogP contribution in [-0.2, 0) is 9.47 Å². The Morgan fingerprint density at radius 2 is 1.62 bits per heavy atom. The lowest BCUT2D eigenvalue weighted by atomic mass is 10.1. The highest BCUT2D eigenvalue weighted by Gasteiger charge is 2.20. The Morgan fingerprint density at radius 1 is 1.00 bits per heavy atom. The number of unbranched alkanes of at least 4 members (excludes halogenated alkanes) is 1. The van der Waals surface area contributed by atoms with Gasteiger partial charge in [-0.1, -0.05) is 27.2 Å². The number of nitrogens with two attached hydrogens (primary N) is 1. The Labute approximate surface area is 143 Å². The van der Waals surface area contributed by atoms with Crippen molar-refractivity contribution in [2.45, 2.75) is 33.6 Å². The number of nitrogen functional groups attached to an aromatic ring is 1. The molecule has 1 rings (SSSR count). The molecule has 2 N–H and O–H groups in total. The molecule has 6 heteroatoms. The van der Waals surface area contributed by atoms with E-state index >= 15 is 0 Å². The molecule has 0 bridgehead atoms. The standard InChI is InChI=1S/C18H28N2O4/c1-4-7-11-23-17(21)15-9-8-14(19)13-16(15)18(22)24-12-10-20(5-2)6-3/h8-9,13H,4-7,10-12,19H2,1-3H3. The number of ether oxygens (including phenoxy) is 2. The molecular weight excluding hydrogens is 308 g/mol. The molecule has 0 heterocycles. The van der Waals surface area contributed by atoms with Crippen LogP contribution in [0.5, 0.6) is 0 Å². The second-order valence-corrected chi connectivity index (χ2v) is 5.46. The van der Waals surface area contributed by atoms with Crippen LogP contribution in [-0.4, -0.2) is 49.7 Å². The van der Waals surface area contributed by atoms with E-state index < -0.39 is 11.9 Å². The highest BCUT2D eigenvalue weighted by atomic mass is 16.5. The van der Waals surface area contributed by atoms with E-state index in [1.807, 2.05) is 20.8 Å². The number of hydrogen-bond donors (Lipinski definition) is 1. The highest BCUT2D eigenvalue weighted by molar-refractivity contribution is 6.03. The highest BCUT2D eigenvalue weighted by Crippen LogP contribution is 2.16. The molecule has 6 nitrogen and oxygen atoms in total. The van der Waals surface area contributed by atoms with Gasteiger partial charge in [0, 0.05) is 12.2 Å². The van der Waals surface area contributed by atoms with Gasteiger partial charge in [-0.05, 0) is 37.7 Å². The largest absolute Gasteiger partial charge is 0.462 e. The van der Waals surface area contributed by atoms with E-state index in [1.54, 1.807) is 6.07 Å². The summed E-state index contributed by atoms with van der Waals surface area (Å²) in [6.07, 6.45) is 1.71. The third-order valence-corrected chi connectivity index (χ3v) is 3.75. The van der Waals surface area contributed by atoms with Crippen LogP contribution in [0.3, 0.4) is 0 Å². The summed E-state index contributed by atoms with van der Waals surface area (Å²) in [4.78, 5) is 26.6. The van der Waals surface area contributed by atoms with E-state index in [1.165, 1.54) is 12.1 Å². The van der Waals surface area contributed by atoms with Gasteiger partial charge < -0.3 is 20.1 Å². The van der Waals surface area contributed by atoms with Crippen molar-refractivity contribution in [3.05, 3.63) is 29.3 Å². The third kappa shape index (κ3) is 6.20. The lowest BCUT2D eigenvalue weighted by Gasteiger charge is -2.17. The van der Waals surface area contributed by atoms with E-state index in [-0.39, 0.29) is 17.7 Å². The second kappa shape index (κ2) is 10.6. The summed E-state index contributed by atoms with van der Waals surface area (Å²) in [5.41, 5.74) is 6.48. The molecule has 1 aromatic carbocycles. The predicted octanol–water partition coefficient (Wildman–Crippen LogP) is 2.72. The van der Waals surface area contributed by atoms with E-state index in [0.29, 0.717) is 18.8 Å². The number of esters is 2. The first-order valence-corrected chi connectivity index (χ1v) is 8.49. The summed E-state index contributed by atoms with van der Waals surface area (Å²) in [6.45, 7) is 9.13. The summed E-state index contributed by atoms with van der Waals surface area (Å²) in [5.74, 6) is -1.09. The van der Waals surface area contributed by atoms with Crippen LogP contribution >= 0.6 is 0 Å². The van der Waals surface area contributed by atoms with Crippen LogP contribution in [0.25, 0.3) is 0 Å². The first-order valence-electron chi connectivity index (χ1n) is 8.49. The minimum atomic E-state index is -0.558. The molecule has 0 saturated carbocycles. The average molecular weight is 336 g/mol.